The largest absolute Gasteiger partial charge is 0.300 e. The zero-order valence-electron chi connectivity index (χ0n) is 12.8. The van der Waals surface area contributed by atoms with Gasteiger partial charge in [0.2, 0.25) is 0 Å². The molecule has 1 spiro atoms. The molecular formula is C14H19F2N3O3S. The summed E-state index contributed by atoms with van der Waals surface area (Å²) in [6.45, 7) is 0.621. The highest BCUT2D eigenvalue weighted by atomic mass is 32.2. The number of alkyl halides is 2. The lowest BCUT2D eigenvalue weighted by atomic mass is 9.77. The molecule has 1 aliphatic carbocycles. The number of aromatic nitrogens is 2. The molecule has 0 radical (unpaired) electrons. The molecule has 2 fully saturated rings. The van der Waals surface area contributed by atoms with Gasteiger partial charge in [-0.2, -0.15) is 9.40 Å². The number of rotatable bonds is 3. The Morgan fingerprint density at radius 3 is 2.39 bits per heavy atom. The van der Waals surface area contributed by atoms with Crippen molar-refractivity contribution >= 4 is 15.8 Å². The van der Waals surface area contributed by atoms with Gasteiger partial charge in [0.1, 0.15) is 11.5 Å². The van der Waals surface area contributed by atoms with Gasteiger partial charge >= 0.3 is 0 Å². The van der Waals surface area contributed by atoms with Crippen LogP contribution in [0, 0.1) is 5.41 Å². The summed E-state index contributed by atoms with van der Waals surface area (Å²) >= 11 is 0. The van der Waals surface area contributed by atoms with Gasteiger partial charge in [0.15, 0.2) is 5.03 Å². The second kappa shape index (κ2) is 5.62. The third-order valence-electron chi connectivity index (χ3n) is 4.97. The Morgan fingerprint density at radius 2 is 1.91 bits per heavy atom. The molecule has 1 aromatic heterocycles. The smallest absolute Gasteiger partial charge is 0.282 e. The van der Waals surface area contributed by atoms with Crippen LogP contribution in [-0.2, 0) is 21.9 Å². The SMILES string of the molecule is Cn1nc(C(F)F)cc1S(=O)(=O)N1CCC2(CCC(=O)C2)CC1. The molecule has 2 aliphatic rings. The summed E-state index contributed by atoms with van der Waals surface area (Å²) in [4.78, 5) is 11.5. The minimum absolute atomic E-state index is 0.0658. The number of piperidine rings is 1. The number of nitrogens with zero attached hydrogens (tertiary/aromatic N) is 3. The van der Waals surface area contributed by atoms with Crippen LogP contribution in [-0.4, -0.2) is 41.4 Å². The van der Waals surface area contributed by atoms with Gasteiger partial charge in [-0.25, -0.2) is 17.2 Å². The Balaban J connectivity index is 1.78. The van der Waals surface area contributed by atoms with Gasteiger partial charge in [0.25, 0.3) is 16.4 Å². The van der Waals surface area contributed by atoms with E-state index in [-0.39, 0.29) is 16.2 Å². The highest BCUT2D eigenvalue weighted by molar-refractivity contribution is 7.89. The predicted octanol–water partition coefficient (Wildman–Crippen LogP) is 1.88. The first kappa shape index (κ1) is 16.5. The van der Waals surface area contributed by atoms with E-state index in [1.807, 2.05) is 0 Å². The third kappa shape index (κ3) is 2.91. The molecule has 1 aliphatic heterocycles. The number of halogens is 2. The first-order chi connectivity index (χ1) is 10.7. The van der Waals surface area contributed by atoms with E-state index in [0.717, 1.165) is 17.2 Å². The van der Waals surface area contributed by atoms with Crippen molar-refractivity contribution in [3.8, 4) is 0 Å². The molecule has 3 rings (SSSR count). The minimum atomic E-state index is -3.85. The summed E-state index contributed by atoms with van der Waals surface area (Å²) in [6, 6.07) is 0.934. The molecule has 0 aromatic carbocycles. The van der Waals surface area contributed by atoms with E-state index in [1.54, 1.807) is 0 Å². The summed E-state index contributed by atoms with van der Waals surface area (Å²) in [5.41, 5.74) is -0.607. The van der Waals surface area contributed by atoms with Crippen LogP contribution in [0.1, 0.15) is 44.2 Å². The molecule has 0 atom stereocenters. The summed E-state index contributed by atoms with van der Waals surface area (Å²) in [5, 5.41) is 3.35. The quantitative estimate of drug-likeness (QED) is 0.837. The van der Waals surface area contributed by atoms with Gasteiger partial charge in [-0.05, 0) is 24.7 Å². The molecule has 128 valence electrons. The third-order valence-corrected chi connectivity index (χ3v) is 6.93. The van der Waals surface area contributed by atoms with Gasteiger partial charge in [-0.15, -0.1) is 0 Å². The second-order valence-corrected chi connectivity index (χ2v) is 8.34. The van der Waals surface area contributed by atoms with Crippen molar-refractivity contribution in [2.75, 3.05) is 13.1 Å². The second-order valence-electron chi connectivity index (χ2n) is 6.45. The monoisotopic (exact) mass is 347 g/mol. The van der Waals surface area contributed by atoms with Crippen molar-refractivity contribution < 1.29 is 22.0 Å². The van der Waals surface area contributed by atoms with Crippen LogP contribution < -0.4 is 0 Å². The van der Waals surface area contributed by atoms with Gasteiger partial charge in [-0.1, -0.05) is 0 Å². The van der Waals surface area contributed by atoms with E-state index in [1.165, 1.54) is 11.4 Å². The van der Waals surface area contributed by atoms with Gasteiger partial charge in [0, 0.05) is 39.0 Å². The minimum Gasteiger partial charge on any atom is -0.300 e. The summed E-state index contributed by atoms with van der Waals surface area (Å²) < 4.78 is 53.1. The van der Waals surface area contributed by atoms with Crippen LogP contribution in [0.25, 0.3) is 0 Å². The fraction of sp³-hybridized carbons (Fsp3) is 0.714. The Bertz CT molecular complexity index is 722. The van der Waals surface area contributed by atoms with Gasteiger partial charge in [-0.3, -0.25) is 9.48 Å². The molecule has 2 heterocycles. The lowest BCUT2D eigenvalue weighted by Gasteiger charge is -2.38. The topological polar surface area (TPSA) is 72.3 Å². The molecule has 1 saturated carbocycles. The molecule has 1 aromatic rings. The number of carbonyl (C=O) groups excluding carboxylic acids is 1. The predicted molar refractivity (Wildman–Crippen MR) is 77.4 cm³/mol. The molecule has 1 saturated heterocycles. The fourth-order valence-electron chi connectivity index (χ4n) is 3.58. The summed E-state index contributed by atoms with van der Waals surface area (Å²) in [7, 11) is -2.50. The van der Waals surface area contributed by atoms with E-state index in [2.05, 4.69) is 5.10 Å². The Kier molecular flexibility index (Phi) is 4.04. The molecule has 0 bridgehead atoms. The van der Waals surface area contributed by atoms with Crippen LogP contribution in [0.3, 0.4) is 0 Å². The molecular weight excluding hydrogens is 328 g/mol. The highest BCUT2D eigenvalue weighted by Crippen LogP contribution is 2.45. The summed E-state index contributed by atoms with van der Waals surface area (Å²) in [5.74, 6) is 0.245. The fourth-order valence-corrected chi connectivity index (χ4v) is 5.15. The number of Topliss-reactive ketones (excluding diaryl/α,β-unsaturated/α-hetero) is 1. The van der Waals surface area contributed by atoms with E-state index in [0.29, 0.717) is 38.8 Å². The van der Waals surface area contributed by atoms with Crippen LogP contribution in [0.4, 0.5) is 8.78 Å². The Hall–Kier alpha value is -1.35. The average molecular weight is 347 g/mol. The Labute approximate surface area is 133 Å². The number of sulfonamides is 1. The van der Waals surface area contributed by atoms with Gasteiger partial charge < -0.3 is 0 Å². The van der Waals surface area contributed by atoms with Gasteiger partial charge in [0.05, 0.1) is 0 Å². The highest BCUT2D eigenvalue weighted by Gasteiger charge is 2.43. The van der Waals surface area contributed by atoms with E-state index >= 15 is 0 Å². The molecule has 23 heavy (non-hydrogen) atoms. The van der Waals surface area contributed by atoms with Crippen molar-refractivity contribution in [2.24, 2.45) is 12.5 Å². The van der Waals surface area contributed by atoms with Crippen LogP contribution in [0.2, 0.25) is 0 Å². The number of ketones is 1. The van der Waals surface area contributed by atoms with Crippen molar-refractivity contribution in [1.29, 1.82) is 0 Å². The number of carbonyl (C=O) groups is 1. The van der Waals surface area contributed by atoms with Crippen molar-refractivity contribution in [1.82, 2.24) is 14.1 Å². The van der Waals surface area contributed by atoms with Crippen LogP contribution in [0.15, 0.2) is 11.1 Å². The summed E-state index contributed by atoms with van der Waals surface area (Å²) in [6.07, 6.45) is 0.393. The van der Waals surface area contributed by atoms with E-state index in [4.69, 9.17) is 0 Å². The number of hydrogen-bond acceptors (Lipinski definition) is 4. The molecule has 0 unspecified atom stereocenters. The van der Waals surface area contributed by atoms with Crippen molar-refractivity contribution in [3.63, 3.8) is 0 Å². The lowest BCUT2D eigenvalue weighted by Crippen LogP contribution is -2.42. The number of aryl methyl sites for hydroxylation is 1. The molecule has 6 nitrogen and oxygen atoms in total. The van der Waals surface area contributed by atoms with Crippen LogP contribution in [0.5, 0.6) is 0 Å². The zero-order chi connectivity index (χ0) is 16.8. The van der Waals surface area contributed by atoms with E-state index < -0.39 is 22.1 Å². The lowest BCUT2D eigenvalue weighted by molar-refractivity contribution is -0.118. The maximum atomic E-state index is 12.7. The van der Waals surface area contributed by atoms with Crippen molar-refractivity contribution in [3.05, 3.63) is 11.8 Å². The van der Waals surface area contributed by atoms with E-state index in [9.17, 15) is 22.0 Å². The first-order valence-electron chi connectivity index (χ1n) is 7.57. The first-order valence-corrected chi connectivity index (χ1v) is 9.01. The zero-order valence-corrected chi connectivity index (χ0v) is 13.7. The normalized spacial score (nSPS) is 22.3. The maximum Gasteiger partial charge on any atom is 0.282 e. The maximum absolute atomic E-state index is 12.7. The molecule has 0 N–H and O–H groups in total. The molecule has 9 heteroatoms. The number of hydrogen-bond donors (Lipinski definition) is 0. The Morgan fingerprint density at radius 1 is 1.26 bits per heavy atom. The average Bonchev–Trinajstić information content (AvgIpc) is 3.04. The standard InChI is InChI=1S/C14H19F2N3O3S/c1-18-12(8-11(17-18)13(15)16)23(21,22)19-6-4-14(5-7-19)3-2-10(20)9-14/h8,13H,2-7,9H2,1H3. The molecule has 0 amide bonds. The van der Waals surface area contributed by atoms with Crippen molar-refractivity contribution in [2.45, 2.75) is 43.6 Å². The van der Waals surface area contributed by atoms with Crippen LogP contribution >= 0.6 is 0 Å².